The van der Waals surface area contributed by atoms with Gasteiger partial charge in [0.15, 0.2) is 0 Å². The lowest BCUT2D eigenvalue weighted by atomic mass is 9.87. The van der Waals surface area contributed by atoms with Gasteiger partial charge >= 0.3 is 6.18 Å². The van der Waals surface area contributed by atoms with Crippen molar-refractivity contribution in [3.63, 3.8) is 0 Å². The molecule has 0 atom stereocenters. The molecule has 0 saturated carbocycles. The number of thioether (sulfide) groups is 4. The van der Waals surface area contributed by atoms with Crippen molar-refractivity contribution in [2.24, 2.45) is 0 Å². The lowest BCUT2D eigenvalue weighted by Crippen LogP contribution is -2.10. The number of halogens is 4. The van der Waals surface area contributed by atoms with Gasteiger partial charge in [-0.15, -0.1) is 47.0 Å². The molecule has 0 saturated heterocycles. The molecule has 0 heterocycles. The largest absolute Gasteiger partial charge is 0.497 e. The summed E-state index contributed by atoms with van der Waals surface area (Å²) in [6.45, 7) is 6.64. The first-order chi connectivity index (χ1) is 26.3. The summed E-state index contributed by atoms with van der Waals surface area (Å²) in [6, 6.07) is 37.9. The number of rotatable bonds is 13. The minimum absolute atomic E-state index is 0.218. The first-order valence-corrected chi connectivity index (χ1v) is 21.7. The number of alkyl halides is 3. The van der Waals surface area contributed by atoms with E-state index in [9.17, 15) is 13.2 Å². The van der Waals surface area contributed by atoms with Crippen molar-refractivity contribution >= 4 is 63.0 Å². The summed E-state index contributed by atoms with van der Waals surface area (Å²) in [7, 11) is 1.65. The highest BCUT2D eigenvalue weighted by Gasteiger charge is 2.29. The van der Waals surface area contributed by atoms with E-state index >= 15 is 0 Å². The molecule has 4 aromatic carbocycles. The Hall–Kier alpha value is -3.69. The topological polar surface area (TPSA) is 104 Å². The Morgan fingerprint density at radius 1 is 0.509 bits per heavy atom. The number of methoxy groups -OCH3 is 1. The van der Waals surface area contributed by atoms with Crippen molar-refractivity contribution in [2.75, 3.05) is 30.1 Å². The van der Waals surface area contributed by atoms with Crippen molar-refractivity contribution < 1.29 is 17.9 Å². The summed E-state index contributed by atoms with van der Waals surface area (Å²) >= 11 is 9.88. The predicted octanol–water partition coefficient (Wildman–Crippen LogP) is 13.9. The van der Waals surface area contributed by atoms with Crippen molar-refractivity contribution in [1.82, 2.24) is 0 Å². The molecular formula is C42H44BrF3N4OS4. The van der Waals surface area contributed by atoms with E-state index in [1.54, 1.807) is 42.4 Å². The maximum atomic E-state index is 12.2. The van der Waals surface area contributed by atoms with Crippen LogP contribution in [0.15, 0.2) is 121 Å². The van der Waals surface area contributed by atoms with Gasteiger partial charge < -0.3 is 4.74 Å². The van der Waals surface area contributed by atoms with Crippen LogP contribution in [0, 0.1) is 45.3 Å². The molecule has 4 rings (SSSR count). The molecule has 0 amide bonds. The second-order valence-electron chi connectivity index (χ2n) is 12.0. The Bertz CT molecular complexity index is 1730. The Morgan fingerprint density at radius 3 is 1.07 bits per heavy atom. The summed E-state index contributed by atoms with van der Waals surface area (Å²) in [5.41, 5.74) is 0.926. The zero-order valence-corrected chi connectivity index (χ0v) is 36.1. The molecule has 0 bridgehead atoms. The van der Waals surface area contributed by atoms with Crippen LogP contribution in [0.3, 0.4) is 0 Å². The number of hydrogen-bond donors (Lipinski definition) is 0. The third-order valence-electron chi connectivity index (χ3n) is 6.71. The molecule has 0 N–H and O–H groups in total. The van der Waals surface area contributed by atoms with E-state index in [1.807, 2.05) is 54.6 Å². The van der Waals surface area contributed by atoms with Crippen molar-refractivity contribution in [1.29, 1.82) is 21.0 Å². The fraction of sp³-hybridized carbons (Fsp3) is 0.333. The van der Waals surface area contributed by atoms with Gasteiger partial charge in [-0.25, -0.2) is 0 Å². The molecule has 4 aromatic rings. The summed E-state index contributed by atoms with van der Waals surface area (Å²) in [5.74, 6) is 4.07. The number of nitrogens with zero attached hydrogens (tertiary/aromatic N) is 4. The first kappa shape index (κ1) is 49.3. The second-order valence-corrected chi connectivity index (χ2v) is 17.5. The molecule has 55 heavy (non-hydrogen) atoms. The van der Waals surface area contributed by atoms with Gasteiger partial charge in [-0.05, 0) is 95.9 Å². The standard InChI is InChI=1S/C13H17NS.C10H8F3NS.C10H11NOS.C9H8BrNS/c1-13(2,3)11-5-7-12(8-6-11)15-10-4-9-14;11-10(12,13)8-2-4-9(5-3-8)15-7-1-6-14;1-12-9-3-5-10(6-4-9)13-8-2-7-11;10-8-2-4-9(5-3-8)12-7-1-6-11/h5-8H,4,10H2,1-3H3;2-5H,1,7H2;3-6H,2,8H2,1H3;2-5H,1,7H2. The molecule has 5 nitrogen and oxygen atoms in total. The average Bonchev–Trinajstić information content (AvgIpc) is 3.17. The predicted molar refractivity (Wildman–Crippen MR) is 228 cm³/mol. The fourth-order valence-corrected chi connectivity index (χ4v) is 7.15. The third kappa shape index (κ3) is 23.8. The Balaban J connectivity index is 0.000000368. The number of nitriles is 4. The van der Waals surface area contributed by atoms with Gasteiger partial charge in [0.1, 0.15) is 5.75 Å². The molecule has 0 fully saturated rings. The zero-order valence-electron chi connectivity index (χ0n) is 31.2. The number of benzene rings is 4. The van der Waals surface area contributed by atoms with Crippen LogP contribution in [0.5, 0.6) is 5.75 Å². The highest BCUT2D eigenvalue weighted by atomic mass is 79.9. The van der Waals surface area contributed by atoms with Crippen LogP contribution in [-0.2, 0) is 11.6 Å². The van der Waals surface area contributed by atoms with Gasteiger partial charge in [0.2, 0.25) is 0 Å². The Kier molecular flexibility index (Phi) is 25.7. The molecule has 0 aromatic heterocycles. The van der Waals surface area contributed by atoms with Crippen LogP contribution in [0.4, 0.5) is 13.2 Å². The van der Waals surface area contributed by atoms with E-state index in [2.05, 4.69) is 79.2 Å². The van der Waals surface area contributed by atoms with Gasteiger partial charge in [0.05, 0.1) is 37.0 Å². The number of hydrogen-bond acceptors (Lipinski definition) is 9. The maximum Gasteiger partial charge on any atom is 0.416 e. The van der Waals surface area contributed by atoms with E-state index in [0.717, 1.165) is 44.5 Å². The Morgan fingerprint density at radius 2 is 0.800 bits per heavy atom. The van der Waals surface area contributed by atoms with Crippen molar-refractivity contribution in [3.05, 3.63) is 113 Å². The summed E-state index contributed by atoms with van der Waals surface area (Å²) in [6.07, 6.45) is -2.06. The average molecular weight is 886 g/mol. The third-order valence-corrected chi connectivity index (χ3v) is 11.3. The Labute approximate surface area is 350 Å². The van der Waals surface area contributed by atoms with Gasteiger partial charge in [-0.3, -0.25) is 0 Å². The van der Waals surface area contributed by atoms with Gasteiger partial charge in [0, 0.05) is 72.7 Å². The zero-order chi connectivity index (χ0) is 41.0. The minimum atomic E-state index is -4.28. The summed E-state index contributed by atoms with van der Waals surface area (Å²) in [4.78, 5) is 4.39. The minimum Gasteiger partial charge on any atom is -0.497 e. The SMILES string of the molecule is CC(C)(C)c1ccc(SCCC#N)cc1.COc1ccc(SCCC#N)cc1.N#CCCSc1ccc(Br)cc1.N#CCCSc1ccc(C(F)(F)F)cc1. The van der Waals surface area contributed by atoms with Crippen molar-refractivity contribution in [3.8, 4) is 30.0 Å². The van der Waals surface area contributed by atoms with Crippen LogP contribution < -0.4 is 4.74 Å². The van der Waals surface area contributed by atoms with Crippen molar-refractivity contribution in [2.45, 2.75) is 77.6 Å². The maximum absolute atomic E-state index is 12.2. The summed E-state index contributed by atoms with van der Waals surface area (Å²) < 4.78 is 42.7. The quantitative estimate of drug-likeness (QED) is 0.0958. The lowest BCUT2D eigenvalue weighted by Gasteiger charge is -2.18. The molecule has 0 spiro atoms. The molecular weight excluding hydrogens is 842 g/mol. The van der Waals surface area contributed by atoms with E-state index in [0.29, 0.717) is 31.4 Å². The molecule has 13 heteroatoms. The van der Waals surface area contributed by atoms with E-state index in [1.165, 1.54) is 44.1 Å². The summed E-state index contributed by atoms with van der Waals surface area (Å²) in [5, 5.41) is 33.4. The monoisotopic (exact) mass is 884 g/mol. The van der Waals surface area contributed by atoms with Crippen LogP contribution >= 0.6 is 63.0 Å². The lowest BCUT2D eigenvalue weighted by molar-refractivity contribution is -0.137. The van der Waals surface area contributed by atoms with Gasteiger partial charge in [-0.2, -0.15) is 34.2 Å². The normalized spacial score (nSPS) is 10.3. The highest BCUT2D eigenvalue weighted by molar-refractivity contribution is 9.10. The second kappa shape index (κ2) is 28.7. The molecule has 0 radical (unpaired) electrons. The van der Waals surface area contributed by atoms with Crippen LogP contribution in [0.2, 0.25) is 0 Å². The van der Waals surface area contributed by atoms with E-state index < -0.39 is 11.7 Å². The van der Waals surface area contributed by atoms with Gasteiger partial charge in [0.25, 0.3) is 0 Å². The molecule has 0 aliphatic rings. The fourth-order valence-electron chi connectivity index (χ4n) is 3.85. The van der Waals surface area contributed by atoms with Crippen LogP contribution in [-0.4, -0.2) is 30.1 Å². The molecule has 0 unspecified atom stereocenters. The molecule has 0 aliphatic heterocycles. The van der Waals surface area contributed by atoms with E-state index in [-0.39, 0.29) is 5.41 Å². The van der Waals surface area contributed by atoms with Gasteiger partial charge in [-0.1, -0.05) is 48.8 Å². The highest BCUT2D eigenvalue weighted by Crippen LogP contribution is 2.31. The first-order valence-electron chi connectivity index (χ1n) is 16.9. The molecule has 0 aliphatic carbocycles. The number of ether oxygens (including phenoxy) is 1. The molecule has 290 valence electrons. The van der Waals surface area contributed by atoms with Crippen LogP contribution in [0.1, 0.15) is 57.6 Å². The van der Waals surface area contributed by atoms with Crippen LogP contribution in [0.25, 0.3) is 0 Å². The smallest absolute Gasteiger partial charge is 0.416 e. The van der Waals surface area contributed by atoms with E-state index in [4.69, 9.17) is 25.8 Å².